The van der Waals surface area contributed by atoms with E-state index < -0.39 is 10.0 Å². The summed E-state index contributed by atoms with van der Waals surface area (Å²) in [7, 11) is 0.420. The lowest BCUT2D eigenvalue weighted by molar-refractivity contribution is 0.302. The third-order valence-electron chi connectivity index (χ3n) is 3.54. The highest BCUT2D eigenvalue weighted by atomic mass is 32.2. The Bertz CT molecular complexity index is 661. The molecule has 2 N–H and O–H groups in total. The molecule has 0 radical (unpaired) electrons. The largest absolute Gasteiger partial charge is 0.320 e. The number of hydrogen-bond donors (Lipinski definition) is 1. The molecule has 2 heterocycles. The maximum absolute atomic E-state index is 12.6. The monoisotopic (exact) mass is 308 g/mol. The van der Waals surface area contributed by atoms with Crippen molar-refractivity contribution in [2.75, 3.05) is 33.7 Å². The second kappa shape index (κ2) is 6.54. The van der Waals surface area contributed by atoms with E-state index in [0.29, 0.717) is 18.7 Å². The van der Waals surface area contributed by atoms with E-state index in [1.807, 2.05) is 14.1 Å². The highest BCUT2D eigenvalue weighted by Crippen LogP contribution is 2.22. The van der Waals surface area contributed by atoms with Crippen LogP contribution in [0.25, 0.3) is 0 Å². The van der Waals surface area contributed by atoms with Crippen LogP contribution in [0.2, 0.25) is 0 Å². The molecule has 1 aromatic heterocycles. The molecule has 1 atom stereocenters. The lowest BCUT2D eigenvalue weighted by Gasteiger charge is -2.20. The Labute approximate surface area is 126 Å². The van der Waals surface area contributed by atoms with E-state index in [4.69, 9.17) is 5.73 Å². The maximum Gasteiger partial charge on any atom is 0.244 e. The lowest BCUT2D eigenvalue weighted by atomic mass is 10.2. The van der Waals surface area contributed by atoms with Gasteiger partial charge in [-0.2, -0.15) is 4.31 Å². The van der Waals surface area contributed by atoms with Crippen molar-refractivity contribution in [3.05, 3.63) is 24.0 Å². The van der Waals surface area contributed by atoms with Crippen LogP contribution in [0.5, 0.6) is 0 Å². The molecule has 1 unspecified atom stereocenters. The molecule has 7 heteroatoms. The minimum absolute atomic E-state index is 0.186. The Hall–Kier alpha value is -1.46. The average Bonchev–Trinajstić information content (AvgIpc) is 2.96. The third kappa shape index (κ3) is 3.60. The highest BCUT2D eigenvalue weighted by Gasteiger charge is 2.33. The van der Waals surface area contributed by atoms with Gasteiger partial charge in [-0.15, -0.1) is 0 Å². The zero-order chi connectivity index (χ0) is 15.5. The van der Waals surface area contributed by atoms with Gasteiger partial charge in [0.2, 0.25) is 10.0 Å². The lowest BCUT2D eigenvalue weighted by Crippen LogP contribution is -2.34. The molecule has 1 fully saturated rings. The van der Waals surface area contributed by atoms with Crippen LogP contribution in [0.4, 0.5) is 0 Å². The molecule has 0 aliphatic carbocycles. The minimum atomic E-state index is -3.51. The van der Waals surface area contributed by atoms with Crippen molar-refractivity contribution in [2.45, 2.75) is 17.4 Å². The van der Waals surface area contributed by atoms with Crippen LogP contribution in [0, 0.1) is 11.8 Å². The fourth-order valence-electron chi connectivity index (χ4n) is 2.28. The van der Waals surface area contributed by atoms with Crippen molar-refractivity contribution < 1.29 is 8.42 Å². The van der Waals surface area contributed by atoms with Gasteiger partial charge in [0.15, 0.2) is 0 Å². The summed E-state index contributed by atoms with van der Waals surface area (Å²) in [5, 5.41) is 0. The van der Waals surface area contributed by atoms with Gasteiger partial charge in [0, 0.05) is 37.1 Å². The second-order valence-electron chi connectivity index (χ2n) is 5.18. The number of rotatable bonds is 3. The summed E-state index contributed by atoms with van der Waals surface area (Å²) in [6, 6.07) is 1.81. The molecule has 0 aromatic carbocycles. The molecule has 0 amide bonds. The molecule has 1 aromatic rings. The fourth-order valence-corrected chi connectivity index (χ4v) is 3.76. The Kier molecular flexibility index (Phi) is 4.96. The molecular weight excluding hydrogens is 288 g/mol. The number of likely N-dealkylation sites (N-methyl/N-ethyl adjacent to an activating group) is 1. The van der Waals surface area contributed by atoms with Crippen molar-refractivity contribution in [2.24, 2.45) is 5.73 Å². The van der Waals surface area contributed by atoms with Crippen LogP contribution in [-0.4, -0.2) is 62.4 Å². The fraction of sp³-hybridized carbons (Fsp3) is 0.500. The standard InChI is InChI=1S/C14H20N4O2S/c1-17(2)13-5-7-18(11-13)21(19,20)14-8-12(4-3-6-15)9-16-10-14/h8-10,13H,5-7,11,15H2,1-2H3. The molecule has 2 rings (SSSR count). The maximum atomic E-state index is 12.6. The molecule has 0 saturated carbocycles. The second-order valence-corrected chi connectivity index (χ2v) is 7.12. The van der Waals surface area contributed by atoms with Crippen molar-refractivity contribution in [1.82, 2.24) is 14.2 Å². The number of pyridine rings is 1. The number of nitrogens with two attached hydrogens (primary N) is 1. The van der Waals surface area contributed by atoms with Crippen molar-refractivity contribution in [3.63, 3.8) is 0 Å². The molecule has 1 saturated heterocycles. The van der Waals surface area contributed by atoms with Gasteiger partial charge < -0.3 is 10.6 Å². The Morgan fingerprint density at radius 3 is 2.86 bits per heavy atom. The molecule has 0 bridgehead atoms. The first-order valence-corrected chi connectivity index (χ1v) is 8.19. The van der Waals surface area contributed by atoms with E-state index in [-0.39, 0.29) is 17.5 Å². The summed E-state index contributed by atoms with van der Waals surface area (Å²) in [5.74, 6) is 5.50. The summed E-state index contributed by atoms with van der Waals surface area (Å²) >= 11 is 0. The van der Waals surface area contributed by atoms with Gasteiger partial charge in [-0.05, 0) is 26.6 Å². The Balaban J connectivity index is 2.24. The predicted molar refractivity (Wildman–Crippen MR) is 81.0 cm³/mol. The SMILES string of the molecule is CN(C)C1CCN(S(=O)(=O)c2cncc(C#CCN)c2)C1. The van der Waals surface area contributed by atoms with Crippen LogP contribution in [0.1, 0.15) is 12.0 Å². The van der Waals surface area contributed by atoms with Gasteiger partial charge in [-0.3, -0.25) is 4.98 Å². The van der Waals surface area contributed by atoms with E-state index in [1.54, 1.807) is 6.07 Å². The topological polar surface area (TPSA) is 79.5 Å². The smallest absolute Gasteiger partial charge is 0.244 e. The number of hydrogen-bond acceptors (Lipinski definition) is 5. The first-order chi connectivity index (χ1) is 9.95. The van der Waals surface area contributed by atoms with Crippen LogP contribution >= 0.6 is 0 Å². The number of aromatic nitrogens is 1. The summed E-state index contributed by atoms with van der Waals surface area (Å²) in [5.41, 5.74) is 5.88. The number of nitrogens with zero attached hydrogens (tertiary/aromatic N) is 3. The average molecular weight is 308 g/mol. The Morgan fingerprint density at radius 1 is 1.48 bits per heavy atom. The normalized spacial score (nSPS) is 19.5. The van der Waals surface area contributed by atoms with Crippen LogP contribution in [-0.2, 0) is 10.0 Å². The molecular formula is C14H20N4O2S. The summed E-state index contributed by atoms with van der Waals surface area (Å²) in [6.07, 6.45) is 3.74. The minimum Gasteiger partial charge on any atom is -0.320 e. The van der Waals surface area contributed by atoms with Crippen LogP contribution in [0.3, 0.4) is 0 Å². The van der Waals surface area contributed by atoms with Crippen LogP contribution < -0.4 is 5.73 Å². The predicted octanol–water partition coefficient (Wildman–Crippen LogP) is -0.284. The van der Waals surface area contributed by atoms with Gasteiger partial charge in [0.1, 0.15) is 4.90 Å². The van der Waals surface area contributed by atoms with E-state index in [2.05, 4.69) is 21.7 Å². The number of sulfonamides is 1. The molecule has 21 heavy (non-hydrogen) atoms. The summed E-state index contributed by atoms with van der Waals surface area (Å²) < 4.78 is 26.8. The van der Waals surface area contributed by atoms with Gasteiger partial charge in [0.25, 0.3) is 0 Å². The van der Waals surface area contributed by atoms with E-state index in [9.17, 15) is 8.42 Å². The third-order valence-corrected chi connectivity index (χ3v) is 5.37. The van der Waals surface area contributed by atoms with E-state index >= 15 is 0 Å². The summed E-state index contributed by atoms with van der Waals surface area (Å²) in [4.78, 5) is 6.21. The molecule has 1 aliphatic rings. The molecule has 0 spiro atoms. The van der Waals surface area contributed by atoms with Gasteiger partial charge in [-0.25, -0.2) is 8.42 Å². The molecule has 1 aliphatic heterocycles. The zero-order valence-electron chi connectivity index (χ0n) is 12.3. The molecule has 6 nitrogen and oxygen atoms in total. The highest BCUT2D eigenvalue weighted by molar-refractivity contribution is 7.89. The van der Waals surface area contributed by atoms with Crippen LogP contribution in [0.15, 0.2) is 23.4 Å². The summed E-state index contributed by atoms with van der Waals surface area (Å²) in [6.45, 7) is 1.27. The van der Waals surface area contributed by atoms with Gasteiger partial charge >= 0.3 is 0 Å². The van der Waals surface area contributed by atoms with Crippen molar-refractivity contribution in [1.29, 1.82) is 0 Å². The Morgan fingerprint density at radius 2 is 2.24 bits per heavy atom. The first kappa shape index (κ1) is 15.9. The quantitative estimate of drug-likeness (QED) is 0.777. The van der Waals surface area contributed by atoms with Gasteiger partial charge in [-0.1, -0.05) is 11.8 Å². The van der Waals surface area contributed by atoms with Crippen molar-refractivity contribution >= 4 is 10.0 Å². The van der Waals surface area contributed by atoms with E-state index in [1.165, 1.54) is 16.7 Å². The zero-order valence-corrected chi connectivity index (χ0v) is 13.1. The van der Waals surface area contributed by atoms with E-state index in [0.717, 1.165) is 6.42 Å². The molecule has 114 valence electrons. The van der Waals surface area contributed by atoms with Crippen molar-refractivity contribution in [3.8, 4) is 11.8 Å². The first-order valence-electron chi connectivity index (χ1n) is 6.75. The van der Waals surface area contributed by atoms with Gasteiger partial charge in [0.05, 0.1) is 6.54 Å².